The lowest BCUT2D eigenvalue weighted by atomic mass is 9.91. The van der Waals surface area contributed by atoms with Crippen LogP contribution in [0, 0.1) is 11.8 Å². The predicted octanol–water partition coefficient (Wildman–Crippen LogP) is 4.10. The maximum absolute atomic E-state index is 12.4. The number of benzene rings is 1. The van der Waals surface area contributed by atoms with Crippen molar-refractivity contribution in [3.8, 4) is 0 Å². The number of Topliss-reactive ketones (excluding diaryl/α,β-unsaturated/α-hetero) is 1. The summed E-state index contributed by atoms with van der Waals surface area (Å²) in [5.74, 6) is 1.00. The Balaban J connectivity index is 1.78. The second-order valence-corrected chi connectivity index (χ2v) is 11.1. The molecule has 4 atom stereocenters. The van der Waals surface area contributed by atoms with Gasteiger partial charge in [0.05, 0.1) is 18.8 Å². The summed E-state index contributed by atoms with van der Waals surface area (Å²) < 4.78 is 10.5. The Bertz CT molecular complexity index is 816. The van der Waals surface area contributed by atoms with Crippen LogP contribution in [0.3, 0.4) is 0 Å². The van der Waals surface area contributed by atoms with Gasteiger partial charge in [-0.1, -0.05) is 36.4 Å². The number of rotatable bonds is 13. The molecule has 1 saturated carbocycles. The van der Waals surface area contributed by atoms with Crippen molar-refractivity contribution in [3.63, 3.8) is 0 Å². The monoisotopic (exact) mass is 492 g/mol. The Morgan fingerprint density at radius 2 is 2.00 bits per heavy atom. The quantitative estimate of drug-likeness (QED) is 0.243. The van der Waals surface area contributed by atoms with E-state index in [1.54, 1.807) is 24.9 Å². The van der Waals surface area contributed by atoms with Crippen molar-refractivity contribution in [3.05, 3.63) is 47.5 Å². The zero-order valence-electron chi connectivity index (χ0n) is 20.9. The van der Waals surface area contributed by atoms with Crippen molar-refractivity contribution in [2.24, 2.45) is 11.8 Å². The first-order valence-electron chi connectivity index (χ1n) is 12.0. The van der Waals surface area contributed by atoms with Gasteiger partial charge in [0.25, 0.3) is 0 Å². The van der Waals surface area contributed by atoms with Gasteiger partial charge in [-0.3, -0.25) is 9.59 Å². The van der Waals surface area contributed by atoms with Gasteiger partial charge in [-0.15, -0.1) is 0 Å². The fraction of sp³-hybridized carbons (Fsp3) is 0.630. The third-order valence-electron chi connectivity index (χ3n) is 5.70. The van der Waals surface area contributed by atoms with Gasteiger partial charge >= 0.3 is 5.97 Å². The fourth-order valence-electron chi connectivity index (χ4n) is 4.19. The van der Waals surface area contributed by atoms with Gasteiger partial charge in [-0.05, 0) is 56.2 Å². The van der Waals surface area contributed by atoms with Gasteiger partial charge < -0.3 is 19.7 Å². The number of carbonyl (C=O) groups excluding carboxylic acids is 2. The maximum Gasteiger partial charge on any atom is 0.306 e. The third-order valence-corrected chi connectivity index (χ3v) is 6.80. The van der Waals surface area contributed by atoms with Gasteiger partial charge in [0.15, 0.2) is 0 Å². The third kappa shape index (κ3) is 10.3. The summed E-state index contributed by atoms with van der Waals surface area (Å²) in [4.78, 5) is 24.2. The van der Waals surface area contributed by atoms with E-state index in [4.69, 9.17) is 9.47 Å². The minimum Gasteiger partial charge on any atom is -0.460 e. The number of aliphatic hydroxyl groups is 2. The van der Waals surface area contributed by atoms with Gasteiger partial charge in [0, 0.05) is 38.2 Å². The minimum absolute atomic E-state index is 0.0817. The molecule has 0 heterocycles. The topological polar surface area (TPSA) is 93.1 Å². The van der Waals surface area contributed by atoms with E-state index in [1.807, 2.05) is 51.1 Å². The molecule has 0 spiro atoms. The molecule has 0 radical (unpaired) electrons. The number of thioether (sulfide) groups is 1. The van der Waals surface area contributed by atoms with E-state index in [2.05, 4.69) is 0 Å². The molecule has 2 N–H and O–H groups in total. The van der Waals surface area contributed by atoms with Crippen LogP contribution in [0.5, 0.6) is 0 Å². The van der Waals surface area contributed by atoms with Crippen LogP contribution in [0.25, 0.3) is 0 Å². The first-order chi connectivity index (χ1) is 16.1. The average Bonchev–Trinajstić information content (AvgIpc) is 3.00. The second kappa shape index (κ2) is 14.0. The lowest BCUT2D eigenvalue weighted by Crippen LogP contribution is -2.23. The molecule has 190 valence electrons. The van der Waals surface area contributed by atoms with Crippen LogP contribution in [0.4, 0.5) is 0 Å². The molecule has 7 heteroatoms. The zero-order valence-corrected chi connectivity index (χ0v) is 21.7. The Morgan fingerprint density at radius 1 is 1.26 bits per heavy atom. The van der Waals surface area contributed by atoms with Crippen molar-refractivity contribution in [1.29, 1.82) is 0 Å². The van der Waals surface area contributed by atoms with Crippen LogP contribution in [-0.4, -0.2) is 58.4 Å². The summed E-state index contributed by atoms with van der Waals surface area (Å²) in [6.07, 6.45) is 4.56. The molecule has 0 unspecified atom stereocenters. The normalized spacial score (nSPS) is 21.8. The first kappa shape index (κ1) is 28.6. The molecule has 1 aromatic rings. The van der Waals surface area contributed by atoms with E-state index in [-0.39, 0.29) is 30.0 Å². The van der Waals surface area contributed by atoms with Crippen LogP contribution in [-0.2, 0) is 32.1 Å². The van der Waals surface area contributed by atoms with E-state index >= 15 is 0 Å². The largest absolute Gasteiger partial charge is 0.460 e. The zero-order chi connectivity index (χ0) is 25.1. The van der Waals surface area contributed by atoms with E-state index < -0.39 is 17.8 Å². The summed E-state index contributed by atoms with van der Waals surface area (Å²) in [6.45, 7) is 6.10. The molecule has 1 fully saturated rings. The van der Waals surface area contributed by atoms with E-state index in [0.717, 1.165) is 29.1 Å². The van der Waals surface area contributed by atoms with Crippen molar-refractivity contribution in [2.45, 2.75) is 77.3 Å². The molecule has 0 amide bonds. The number of aliphatic hydroxyl groups excluding tert-OH is 2. The molecule has 1 aliphatic carbocycles. The maximum atomic E-state index is 12.4. The highest BCUT2D eigenvalue weighted by atomic mass is 32.2. The number of ether oxygens (including phenoxy) is 2. The highest BCUT2D eigenvalue weighted by molar-refractivity contribution is 7.99. The molecule has 1 aromatic carbocycles. The predicted molar refractivity (Wildman–Crippen MR) is 136 cm³/mol. The lowest BCUT2D eigenvalue weighted by Gasteiger charge is -2.19. The standard InChI is InChI=1S/C27H40O6S/c1-27(2,3)33-26(31)9-6-13-34-14-12-23-22(24(29)17-25(23)30)11-10-21(28)16-19-7-5-8-20(15-19)18-32-4/h5,7-8,10-11,15,21-24,28-29H,6,9,12-14,16-18H2,1-4H3/b11-10+/t21-,22-,23-,24-/m1/s1. The second-order valence-electron chi connectivity index (χ2n) is 9.92. The first-order valence-corrected chi connectivity index (χ1v) is 13.2. The highest BCUT2D eigenvalue weighted by Crippen LogP contribution is 2.34. The summed E-state index contributed by atoms with van der Waals surface area (Å²) in [7, 11) is 1.65. The van der Waals surface area contributed by atoms with Gasteiger partial charge in [0.2, 0.25) is 0 Å². The van der Waals surface area contributed by atoms with Crippen LogP contribution in [0.2, 0.25) is 0 Å². The Kier molecular flexibility index (Phi) is 11.8. The summed E-state index contributed by atoms with van der Waals surface area (Å²) in [5, 5.41) is 20.9. The average molecular weight is 493 g/mol. The number of esters is 1. The van der Waals surface area contributed by atoms with E-state index in [1.165, 1.54) is 0 Å². The molecule has 2 rings (SSSR count). The molecular weight excluding hydrogens is 452 g/mol. The van der Waals surface area contributed by atoms with Crippen LogP contribution in [0.1, 0.15) is 57.6 Å². The Labute approximate surface area is 208 Å². The number of carbonyl (C=O) groups is 2. The van der Waals surface area contributed by atoms with E-state index in [0.29, 0.717) is 25.9 Å². The van der Waals surface area contributed by atoms with Crippen molar-refractivity contribution in [2.75, 3.05) is 18.6 Å². The van der Waals surface area contributed by atoms with Gasteiger partial charge in [0.1, 0.15) is 11.4 Å². The summed E-state index contributed by atoms with van der Waals surface area (Å²) in [6, 6.07) is 7.90. The lowest BCUT2D eigenvalue weighted by molar-refractivity contribution is -0.154. The van der Waals surface area contributed by atoms with Crippen molar-refractivity contribution in [1.82, 2.24) is 0 Å². The van der Waals surface area contributed by atoms with Crippen LogP contribution >= 0.6 is 11.8 Å². The molecular formula is C27H40O6S. The molecule has 0 aliphatic heterocycles. The van der Waals surface area contributed by atoms with Gasteiger partial charge in [-0.2, -0.15) is 11.8 Å². The molecule has 0 bridgehead atoms. The van der Waals surface area contributed by atoms with Crippen molar-refractivity contribution >= 4 is 23.5 Å². The number of hydrogen-bond donors (Lipinski definition) is 2. The van der Waals surface area contributed by atoms with E-state index in [9.17, 15) is 19.8 Å². The molecule has 1 aliphatic rings. The number of hydrogen-bond acceptors (Lipinski definition) is 7. The summed E-state index contributed by atoms with van der Waals surface area (Å²) >= 11 is 1.71. The number of methoxy groups -OCH3 is 1. The van der Waals surface area contributed by atoms with Crippen LogP contribution < -0.4 is 0 Å². The van der Waals surface area contributed by atoms with Crippen molar-refractivity contribution < 1.29 is 29.3 Å². The highest BCUT2D eigenvalue weighted by Gasteiger charge is 2.39. The van der Waals surface area contributed by atoms with Gasteiger partial charge in [-0.25, -0.2) is 0 Å². The summed E-state index contributed by atoms with van der Waals surface area (Å²) in [5.41, 5.74) is 1.60. The number of ketones is 1. The smallest absolute Gasteiger partial charge is 0.306 e. The molecule has 6 nitrogen and oxygen atoms in total. The molecule has 0 aromatic heterocycles. The van der Waals surface area contributed by atoms with Crippen LogP contribution in [0.15, 0.2) is 36.4 Å². The SMILES string of the molecule is COCc1cccc(C[C@H](O)/C=C/[C@H]2[C@H](O)CC(=O)[C@@H]2CCSCCCC(=O)OC(C)(C)C)c1. The Morgan fingerprint density at radius 3 is 2.71 bits per heavy atom. The molecule has 0 saturated heterocycles. The minimum atomic E-state index is -0.705. The fourth-order valence-corrected chi connectivity index (χ4v) is 5.17. The molecule has 34 heavy (non-hydrogen) atoms. The Hall–Kier alpha value is -1.67.